The molecule has 0 bridgehead atoms. The Morgan fingerprint density at radius 1 is 1.26 bits per heavy atom. The molecule has 1 aliphatic heterocycles. The largest absolute Gasteiger partial charge is 0.456 e. The van der Waals surface area contributed by atoms with E-state index in [4.69, 9.17) is 9.47 Å². The summed E-state index contributed by atoms with van der Waals surface area (Å²) in [5.74, 6) is -0.354. The molecule has 0 unspecified atom stereocenters. The van der Waals surface area contributed by atoms with Crippen LogP contribution in [-0.2, 0) is 9.47 Å². The van der Waals surface area contributed by atoms with Gasteiger partial charge in [-0.1, -0.05) is 18.2 Å². The highest BCUT2D eigenvalue weighted by Crippen LogP contribution is 2.28. The van der Waals surface area contributed by atoms with E-state index in [9.17, 15) is 9.59 Å². The van der Waals surface area contributed by atoms with Crippen molar-refractivity contribution in [2.75, 3.05) is 0 Å². The summed E-state index contributed by atoms with van der Waals surface area (Å²) in [6.07, 6.45) is 1.57. The highest BCUT2D eigenvalue weighted by Gasteiger charge is 2.43. The van der Waals surface area contributed by atoms with E-state index in [0.29, 0.717) is 5.56 Å². The fraction of sp³-hybridized carbons (Fsp3) is 0.429. The second-order valence-electron chi connectivity index (χ2n) is 4.85. The molecule has 0 spiro atoms. The molecule has 1 saturated carbocycles. The van der Waals surface area contributed by atoms with E-state index in [0.717, 1.165) is 19.3 Å². The minimum atomic E-state index is -0.419. The van der Waals surface area contributed by atoms with Gasteiger partial charge in [0.05, 0.1) is 5.56 Å². The van der Waals surface area contributed by atoms with E-state index in [1.165, 1.54) is 0 Å². The topological polar surface area (TPSA) is 64.6 Å². The van der Waals surface area contributed by atoms with Crippen LogP contribution in [0.15, 0.2) is 30.3 Å². The number of ether oxygens (including phenoxy) is 2. The molecule has 1 amide bonds. The van der Waals surface area contributed by atoms with Crippen LogP contribution in [0.3, 0.4) is 0 Å². The number of alkyl carbamates (subject to hydrolysis) is 1. The summed E-state index contributed by atoms with van der Waals surface area (Å²) in [6, 6.07) is 8.65. The van der Waals surface area contributed by atoms with Gasteiger partial charge in [0, 0.05) is 0 Å². The molecule has 2 fully saturated rings. The third-order valence-corrected chi connectivity index (χ3v) is 3.59. The molecule has 1 aromatic carbocycles. The molecular weight excluding hydrogens is 246 g/mol. The van der Waals surface area contributed by atoms with Crippen molar-refractivity contribution in [3.8, 4) is 0 Å². The molecule has 0 radical (unpaired) electrons. The smallest absolute Gasteiger partial charge is 0.407 e. The highest BCUT2D eigenvalue weighted by molar-refractivity contribution is 5.89. The van der Waals surface area contributed by atoms with Gasteiger partial charge in [-0.2, -0.15) is 0 Å². The second kappa shape index (κ2) is 4.91. The van der Waals surface area contributed by atoms with Gasteiger partial charge in [-0.05, 0) is 31.4 Å². The van der Waals surface area contributed by atoms with Crippen LogP contribution >= 0.6 is 0 Å². The quantitative estimate of drug-likeness (QED) is 0.825. The Bertz CT molecular complexity index is 487. The lowest BCUT2D eigenvalue weighted by molar-refractivity contribution is -0.00356. The van der Waals surface area contributed by atoms with E-state index in [1.54, 1.807) is 24.3 Å². The first-order valence-corrected chi connectivity index (χ1v) is 6.47. The van der Waals surface area contributed by atoms with Gasteiger partial charge in [0.1, 0.15) is 18.2 Å². The lowest BCUT2D eigenvalue weighted by Gasteiger charge is -2.30. The fourth-order valence-electron chi connectivity index (χ4n) is 2.66. The number of hydrogen-bond donors (Lipinski definition) is 1. The van der Waals surface area contributed by atoms with Crippen molar-refractivity contribution in [3.63, 3.8) is 0 Å². The molecule has 1 N–H and O–H groups in total. The molecule has 1 saturated heterocycles. The van der Waals surface area contributed by atoms with Gasteiger partial charge in [0.25, 0.3) is 0 Å². The Kier molecular flexibility index (Phi) is 3.11. The van der Waals surface area contributed by atoms with Gasteiger partial charge in [0.15, 0.2) is 0 Å². The Balaban J connectivity index is 1.69. The molecular formula is C14H15NO4. The highest BCUT2D eigenvalue weighted by atomic mass is 16.6. The molecule has 5 heteroatoms. The second-order valence-corrected chi connectivity index (χ2v) is 4.85. The van der Waals surface area contributed by atoms with Crippen LogP contribution in [0.1, 0.15) is 29.6 Å². The third-order valence-electron chi connectivity index (χ3n) is 3.59. The van der Waals surface area contributed by atoms with Gasteiger partial charge >= 0.3 is 12.1 Å². The average Bonchev–Trinajstić information content (AvgIpc) is 2.81. The molecule has 19 heavy (non-hydrogen) atoms. The number of benzene rings is 1. The van der Waals surface area contributed by atoms with Gasteiger partial charge in [-0.25, -0.2) is 9.59 Å². The zero-order chi connectivity index (χ0) is 13.2. The molecule has 3 rings (SSSR count). The molecule has 2 aliphatic rings. The minimum Gasteiger partial charge on any atom is -0.456 e. The number of amides is 1. The normalized spacial score (nSPS) is 29.1. The first kappa shape index (κ1) is 12.0. The summed E-state index contributed by atoms with van der Waals surface area (Å²) in [6.45, 7) is 0. The maximum atomic E-state index is 12.0. The van der Waals surface area contributed by atoms with Gasteiger partial charge in [-0.3, -0.25) is 0 Å². The number of carbonyl (C=O) groups excluding carboxylic acids is 2. The van der Waals surface area contributed by atoms with E-state index < -0.39 is 6.09 Å². The van der Waals surface area contributed by atoms with Crippen molar-refractivity contribution in [1.29, 1.82) is 0 Å². The summed E-state index contributed by atoms with van der Waals surface area (Å²) >= 11 is 0. The first-order valence-electron chi connectivity index (χ1n) is 6.47. The fourth-order valence-corrected chi connectivity index (χ4v) is 2.66. The van der Waals surface area contributed by atoms with E-state index >= 15 is 0 Å². The Morgan fingerprint density at radius 3 is 2.84 bits per heavy atom. The zero-order valence-electron chi connectivity index (χ0n) is 10.4. The minimum absolute atomic E-state index is 0.171. The van der Waals surface area contributed by atoms with E-state index in [2.05, 4.69) is 5.32 Å². The lowest BCUT2D eigenvalue weighted by Crippen LogP contribution is -2.47. The average molecular weight is 261 g/mol. The number of esters is 1. The molecule has 100 valence electrons. The van der Waals surface area contributed by atoms with Crippen molar-refractivity contribution in [3.05, 3.63) is 35.9 Å². The van der Waals surface area contributed by atoms with Crippen LogP contribution in [0.25, 0.3) is 0 Å². The van der Waals surface area contributed by atoms with Crippen molar-refractivity contribution in [1.82, 2.24) is 5.32 Å². The summed E-state index contributed by atoms with van der Waals surface area (Å²) in [5.41, 5.74) is 0.523. The van der Waals surface area contributed by atoms with E-state index in [-0.39, 0.29) is 24.2 Å². The molecule has 1 heterocycles. The maximum Gasteiger partial charge on any atom is 0.407 e. The molecule has 1 aliphatic carbocycles. The third kappa shape index (κ3) is 2.41. The van der Waals surface area contributed by atoms with Gasteiger partial charge in [0.2, 0.25) is 0 Å². The summed E-state index contributed by atoms with van der Waals surface area (Å²) < 4.78 is 10.6. The Labute approximate surface area is 110 Å². The predicted molar refractivity (Wildman–Crippen MR) is 66.7 cm³/mol. The summed E-state index contributed by atoms with van der Waals surface area (Å²) in [4.78, 5) is 23.2. The maximum absolute atomic E-state index is 12.0. The van der Waals surface area contributed by atoms with Crippen molar-refractivity contribution < 1.29 is 19.1 Å². The van der Waals surface area contributed by atoms with Crippen LogP contribution in [0.2, 0.25) is 0 Å². The SMILES string of the molecule is O=C1N[C@@H]2[C@@H](CCC[C@H]2OC(=O)c2ccccc2)O1. The molecule has 5 nitrogen and oxygen atoms in total. The van der Waals surface area contributed by atoms with Crippen LogP contribution < -0.4 is 5.32 Å². The van der Waals surface area contributed by atoms with Gasteiger partial charge in [-0.15, -0.1) is 0 Å². The predicted octanol–water partition coefficient (Wildman–Crippen LogP) is 1.87. The lowest BCUT2D eigenvalue weighted by atomic mass is 9.90. The summed E-state index contributed by atoms with van der Waals surface area (Å²) in [7, 11) is 0. The zero-order valence-corrected chi connectivity index (χ0v) is 10.4. The number of hydrogen-bond acceptors (Lipinski definition) is 4. The van der Waals surface area contributed by atoms with Crippen LogP contribution in [0.5, 0.6) is 0 Å². The van der Waals surface area contributed by atoms with Crippen molar-refractivity contribution in [2.24, 2.45) is 0 Å². The number of carbonyl (C=O) groups is 2. The van der Waals surface area contributed by atoms with Crippen LogP contribution in [0.4, 0.5) is 4.79 Å². The first-order chi connectivity index (χ1) is 9.24. The number of fused-ring (bicyclic) bond motifs is 1. The van der Waals surface area contributed by atoms with Crippen molar-refractivity contribution in [2.45, 2.75) is 37.5 Å². The molecule has 0 aromatic heterocycles. The Morgan fingerprint density at radius 2 is 2.05 bits per heavy atom. The number of nitrogens with one attached hydrogen (secondary N) is 1. The molecule has 3 atom stereocenters. The van der Waals surface area contributed by atoms with Crippen molar-refractivity contribution >= 4 is 12.1 Å². The van der Waals surface area contributed by atoms with Crippen LogP contribution in [-0.4, -0.2) is 30.3 Å². The standard InChI is InChI=1S/C14H15NO4/c16-13(9-5-2-1-3-6-9)18-10-7-4-8-11-12(10)15-14(17)19-11/h1-3,5-6,10-12H,4,7-8H2,(H,15,17)/t10-,11-,12+/m1/s1. The van der Waals surface area contributed by atoms with Gasteiger partial charge < -0.3 is 14.8 Å². The van der Waals surface area contributed by atoms with E-state index in [1.807, 2.05) is 6.07 Å². The number of rotatable bonds is 2. The monoisotopic (exact) mass is 261 g/mol. The summed E-state index contributed by atoms with van der Waals surface area (Å²) in [5, 5.41) is 2.72. The van der Waals surface area contributed by atoms with Crippen LogP contribution in [0, 0.1) is 0 Å². The Hall–Kier alpha value is -2.04. The molecule has 1 aromatic rings.